The number of nitrogens with one attached hydrogen (secondary N) is 1. The van der Waals surface area contributed by atoms with Crippen LogP contribution in [0.4, 0.5) is 0 Å². The number of aliphatic carboxylic acids is 1. The Bertz CT molecular complexity index is 612. The summed E-state index contributed by atoms with van der Waals surface area (Å²) >= 11 is 0. The van der Waals surface area contributed by atoms with Crippen LogP contribution in [0.5, 0.6) is 0 Å². The van der Waals surface area contributed by atoms with Gasteiger partial charge < -0.3 is 5.11 Å². The van der Waals surface area contributed by atoms with Crippen molar-refractivity contribution in [3.8, 4) is 0 Å². The number of carbonyl (C=O) groups is 1. The van der Waals surface area contributed by atoms with Crippen molar-refractivity contribution in [2.24, 2.45) is 5.92 Å². The standard InChI is InChI=1S/C15H21NO4S/c1-11-7-5-6-10-14(11)21(19,20)16-13-9-4-2-3-8-12(13)15(17)18/h5-7,10,12-13,16H,2-4,8-9H2,1H3,(H,17,18). The van der Waals surface area contributed by atoms with Crippen molar-refractivity contribution >= 4 is 16.0 Å². The lowest BCUT2D eigenvalue weighted by molar-refractivity contribution is -0.142. The molecule has 0 aliphatic heterocycles. The van der Waals surface area contributed by atoms with E-state index in [4.69, 9.17) is 0 Å². The summed E-state index contributed by atoms with van der Waals surface area (Å²) in [6.45, 7) is 1.73. The Hall–Kier alpha value is -1.40. The van der Waals surface area contributed by atoms with Crippen LogP contribution in [0.2, 0.25) is 0 Å². The molecular weight excluding hydrogens is 290 g/mol. The van der Waals surface area contributed by atoms with Crippen LogP contribution in [0.1, 0.15) is 37.7 Å². The highest BCUT2D eigenvalue weighted by Crippen LogP contribution is 2.26. The molecule has 2 unspecified atom stereocenters. The Morgan fingerprint density at radius 2 is 1.86 bits per heavy atom. The van der Waals surface area contributed by atoms with Crippen LogP contribution >= 0.6 is 0 Å². The quantitative estimate of drug-likeness (QED) is 0.836. The van der Waals surface area contributed by atoms with E-state index in [0.717, 1.165) is 19.3 Å². The van der Waals surface area contributed by atoms with Gasteiger partial charge in [-0.3, -0.25) is 4.79 Å². The van der Waals surface area contributed by atoms with Crippen molar-refractivity contribution < 1.29 is 18.3 Å². The van der Waals surface area contributed by atoms with Gasteiger partial charge in [-0.1, -0.05) is 37.5 Å². The minimum atomic E-state index is -3.69. The second-order valence-corrected chi connectivity index (χ2v) is 7.26. The van der Waals surface area contributed by atoms with E-state index in [2.05, 4.69) is 4.72 Å². The molecule has 21 heavy (non-hydrogen) atoms. The van der Waals surface area contributed by atoms with Crippen molar-refractivity contribution in [2.75, 3.05) is 0 Å². The molecule has 1 aromatic rings. The summed E-state index contributed by atoms with van der Waals surface area (Å²) in [5, 5.41) is 9.32. The highest BCUT2D eigenvalue weighted by Gasteiger charge is 2.33. The van der Waals surface area contributed by atoms with Gasteiger partial charge in [-0.05, 0) is 31.4 Å². The first-order valence-corrected chi connectivity index (χ1v) is 8.71. The minimum Gasteiger partial charge on any atom is -0.481 e. The second-order valence-electron chi connectivity index (χ2n) is 5.58. The zero-order valence-corrected chi connectivity index (χ0v) is 12.9. The second kappa shape index (κ2) is 6.58. The number of carboxylic acid groups (broad SMARTS) is 1. The lowest BCUT2D eigenvalue weighted by Gasteiger charge is -2.23. The maximum atomic E-state index is 12.5. The van der Waals surface area contributed by atoms with Gasteiger partial charge in [-0.2, -0.15) is 0 Å². The Labute approximate surface area is 125 Å². The summed E-state index contributed by atoms with van der Waals surface area (Å²) in [6, 6.07) is 6.19. The highest BCUT2D eigenvalue weighted by molar-refractivity contribution is 7.89. The van der Waals surface area contributed by atoms with Crippen molar-refractivity contribution in [2.45, 2.75) is 50.0 Å². The fourth-order valence-electron chi connectivity index (χ4n) is 2.86. The molecule has 2 N–H and O–H groups in total. The van der Waals surface area contributed by atoms with Gasteiger partial charge in [0.15, 0.2) is 0 Å². The summed E-state index contributed by atoms with van der Waals surface area (Å²) in [7, 11) is -3.69. The molecule has 0 aromatic heterocycles. The Kier molecular flexibility index (Phi) is 5.00. The number of carboxylic acids is 1. The molecule has 0 heterocycles. The first-order valence-electron chi connectivity index (χ1n) is 7.22. The average molecular weight is 311 g/mol. The molecule has 1 aliphatic rings. The third kappa shape index (κ3) is 3.83. The van der Waals surface area contributed by atoms with Gasteiger partial charge in [-0.15, -0.1) is 0 Å². The first-order chi connectivity index (χ1) is 9.92. The van der Waals surface area contributed by atoms with Gasteiger partial charge in [0.2, 0.25) is 10.0 Å². The molecule has 0 saturated heterocycles. The summed E-state index contributed by atoms with van der Waals surface area (Å²) in [5.74, 6) is -1.57. The van der Waals surface area contributed by atoms with Gasteiger partial charge in [-0.25, -0.2) is 13.1 Å². The van der Waals surface area contributed by atoms with Crippen LogP contribution in [-0.2, 0) is 14.8 Å². The smallest absolute Gasteiger partial charge is 0.308 e. The lowest BCUT2D eigenvalue weighted by Crippen LogP contribution is -2.42. The lowest BCUT2D eigenvalue weighted by atomic mass is 9.96. The number of hydrogen-bond donors (Lipinski definition) is 2. The third-order valence-corrected chi connectivity index (χ3v) is 5.67. The maximum absolute atomic E-state index is 12.5. The van der Waals surface area contributed by atoms with Crippen LogP contribution < -0.4 is 4.72 Å². The molecule has 5 nitrogen and oxygen atoms in total. The monoisotopic (exact) mass is 311 g/mol. The molecule has 1 aromatic carbocycles. The van der Waals surface area contributed by atoms with Crippen LogP contribution in [0.15, 0.2) is 29.2 Å². The maximum Gasteiger partial charge on any atom is 0.308 e. The van der Waals surface area contributed by atoms with E-state index in [1.807, 2.05) is 0 Å². The zero-order valence-electron chi connectivity index (χ0n) is 12.1. The summed E-state index contributed by atoms with van der Waals surface area (Å²) in [4.78, 5) is 11.6. The minimum absolute atomic E-state index is 0.221. The number of sulfonamides is 1. The van der Waals surface area contributed by atoms with Gasteiger partial charge in [0.25, 0.3) is 0 Å². The Balaban J connectivity index is 2.25. The van der Waals surface area contributed by atoms with E-state index in [1.54, 1.807) is 31.2 Å². The Morgan fingerprint density at radius 1 is 1.19 bits per heavy atom. The van der Waals surface area contributed by atoms with E-state index < -0.39 is 28.0 Å². The SMILES string of the molecule is Cc1ccccc1S(=O)(=O)NC1CCCCCC1C(=O)O. The number of hydrogen-bond acceptors (Lipinski definition) is 3. The number of aryl methyl sites for hydroxylation is 1. The molecule has 2 rings (SSSR count). The van der Waals surface area contributed by atoms with E-state index in [1.165, 1.54) is 0 Å². The molecule has 0 radical (unpaired) electrons. The molecular formula is C15H21NO4S. The van der Waals surface area contributed by atoms with Gasteiger partial charge in [0, 0.05) is 6.04 Å². The van der Waals surface area contributed by atoms with Crippen molar-refractivity contribution in [3.63, 3.8) is 0 Å². The predicted molar refractivity (Wildman–Crippen MR) is 79.5 cm³/mol. The van der Waals surface area contributed by atoms with Gasteiger partial charge in [0.05, 0.1) is 10.8 Å². The molecule has 116 valence electrons. The van der Waals surface area contributed by atoms with E-state index >= 15 is 0 Å². The van der Waals surface area contributed by atoms with Crippen LogP contribution in [0, 0.1) is 12.8 Å². The summed E-state index contributed by atoms with van der Waals surface area (Å²) < 4.78 is 27.6. The Morgan fingerprint density at radius 3 is 2.52 bits per heavy atom. The van der Waals surface area contributed by atoms with E-state index in [0.29, 0.717) is 18.4 Å². The third-order valence-electron chi connectivity index (χ3n) is 4.02. The fraction of sp³-hybridized carbons (Fsp3) is 0.533. The van der Waals surface area contributed by atoms with Crippen molar-refractivity contribution in [1.29, 1.82) is 0 Å². The van der Waals surface area contributed by atoms with E-state index in [-0.39, 0.29) is 4.90 Å². The molecule has 0 spiro atoms. The van der Waals surface area contributed by atoms with Crippen molar-refractivity contribution in [1.82, 2.24) is 4.72 Å². The zero-order chi connectivity index (χ0) is 15.5. The largest absolute Gasteiger partial charge is 0.481 e. The molecule has 1 fully saturated rings. The summed E-state index contributed by atoms with van der Waals surface area (Å²) in [6.07, 6.45) is 3.73. The van der Waals surface area contributed by atoms with Crippen LogP contribution in [0.3, 0.4) is 0 Å². The molecule has 6 heteroatoms. The normalized spacial score (nSPS) is 23.5. The fourth-order valence-corrected chi connectivity index (χ4v) is 4.42. The molecule has 2 atom stereocenters. The topological polar surface area (TPSA) is 83.5 Å². The average Bonchev–Trinajstić information content (AvgIpc) is 2.64. The van der Waals surface area contributed by atoms with Gasteiger partial charge in [0.1, 0.15) is 0 Å². The summed E-state index contributed by atoms with van der Waals surface area (Å²) in [5.41, 5.74) is 0.658. The number of rotatable bonds is 4. The van der Waals surface area contributed by atoms with E-state index in [9.17, 15) is 18.3 Å². The van der Waals surface area contributed by atoms with Crippen LogP contribution in [-0.4, -0.2) is 25.5 Å². The predicted octanol–water partition coefficient (Wildman–Crippen LogP) is 2.31. The molecule has 1 aliphatic carbocycles. The molecule has 0 bridgehead atoms. The number of benzene rings is 1. The van der Waals surface area contributed by atoms with Crippen molar-refractivity contribution in [3.05, 3.63) is 29.8 Å². The van der Waals surface area contributed by atoms with Crippen LogP contribution in [0.25, 0.3) is 0 Å². The molecule has 0 amide bonds. The molecule has 1 saturated carbocycles. The van der Waals surface area contributed by atoms with Gasteiger partial charge >= 0.3 is 5.97 Å². The highest BCUT2D eigenvalue weighted by atomic mass is 32.2. The first kappa shape index (κ1) is 16.0.